The summed E-state index contributed by atoms with van der Waals surface area (Å²) in [7, 11) is -3.54. The van der Waals surface area contributed by atoms with Gasteiger partial charge < -0.3 is 11.5 Å². The van der Waals surface area contributed by atoms with Gasteiger partial charge in [0.25, 0.3) is 0 Å². The minimum Gasteiger partial charge on any atom is -0.398 e. The van der Waals surface area contributed by atoms with Gasteiger partial charge in [-0.25, -0.2) is 8.42 Å². The maximum atomic E-state index is 12.3. The average Bonchev–Trinajstić information content (AvgIpc) is 2.41. The first-order valence-corrected chi connectivity index (χ1v) is 7.99. The van der Waals surface area contributed by atoms with Gasteiger partial charge in [0.05, 0.1) is 10.6 Å². The summed E-state index contributed by atoms with van der Waals surface area (Å²) in [5.41, 5.74) is 11.8. The second-order valence-corrected chi connectivity index (χ2v) is 6.92. The first-order chi connectivity index (χ1) is 9.79. The third kappa shape index (κ3) is 3.53. The van der Waals surface area contributed by atoms with Crippen molar-refractivity contribution >= 4 is 33.0 Å². The number of sulfone groups is 1. The summed E-state index contributed by atoms with van der Waals surface area (Å²) >= 11 is 5.74. The van der Waals surface area contributed by atoms with Crippen molar-refractivity contribution in [1.82, 2.24) is 0 Å². The van der Waals surface area contributed by atoms with Gasteiger partial charge in [-0.1, -0.05) is 17.7 Å². The van der Waals surface area contributed by atoms with Crippen molar-refractivity contribution in [3.8, 4) is 0 Å². The molecule has 2 aromatic carbocycles. The van der Waals surface area contributed by atoms with Gasteiger partial charge in [-0.3, -0.25) is 4.79 Å². The molecule has 0 aromatic heterocycles. The first kappa shape index (κ1) is 15.3. The normalized spacial score (nSPS) is 11.3. The minimum absolute atomic E-state index is 0.158. The maximum Gasteiger partial charge on any atom is 0.248 e. The Morgan fingerprint density at radius 1 is 1.10 bits per heavy atom. The van der Waals surface area contributed by atoms with E-state index in [4.69, 9.17) is 23.1 Å². The van der Waals surface area contributed by atoms with E-state index in [-0.39, 0.29) is 21.9 Å². The Hall–Kier alpha value is -2.05. The Kier molecular flexibility index (Phi) is 4.20. The predicted molar refractivity (Wildman–Crippen MR) is 81.7 cm³/mol. The smallest absolute Gasteiger partial charge is 0.248 e. The van der Waals surface area contributed by atoms with Gasteiger partial charge in [-0.05, 0) is 42.0 Å². The van der Waals surface area contributed by atoms with Crippen molar-refractivity contribution in [2.45, 2.75) is 10.6 Å². The number of rotatable bonds is 4. The van der Waals surface area contributed by atoms with Crippen molar-refractivity contribution in [2.24, 2.45) is 5.73 Å². The molecule has 0 saturated heterocycles. The zero-order valence-corrected chi connectivity index (χ0v) is 12.5. The van der Waals surface area contributed by atoms with Gasteiger partial charge in [-0.15, -0.1) is 0 Å². The van der Waals surface area contributed by atoms with Crippen LogP contribution in [0.15, 0.2) is 47.4 Å². The number of carbonyl (C=O) groups excluding carboxylic acids is 1. The van der Waals surface area contributed by atoms with Crippen LogP contribution in [0.25, 0.3) is 0 Å². The fourth-order valence-corrected chi connectivity index (χ4v) is 3.33. The summed E-state index contributed by atoms with van der Waals surface area (Å²) in [5, 5.41) is 0.458. The molecule has 0 atom stereocenters. The molecule has 0 aliphatic heterocycles. The molecule has 0 bridgehead atoms. The molecule has 0 aliphatic carbocycles. The van der Waals surface area contributed by atoms with Crippen LogP contribution < -0.4 is 11.5 Å². The summed E-state index contributed by atoms with van der Waals surface area (Å²) in [6.07, 6.45) is 0. The Bertz CT molecular complexity index is 786. The number of hydrogen-bond donors (Lipinski definition) is 2. The van der Waals surface area contributed by atoms with E-state index in [0.29, 0.717) is 10.6 Å². The Morgan fingerprint density at radius 2 is 1.71 bits per heavy atom. The third-order valence-corrected chi connectivity index (χ3v) is 4.88. The largest absolute Gasteiger partial charge is 0.398 e. The fourth-order valence-electron chi connectivity index (χ4n) is 1.81. The molecule has 0 aliphatic rings. The second-order valence-electron chi connectivity index (χ2n) is 4.49. The lowest BCUT2D eigenvalue weighted by Crippen LogP contribution is -2.12. The van der Waals surface area contributed by atoms with Crippen LogP contribution in [0, 0.1) is 0 Å². The molecule has 5 nitrogen and oxygen atoms in total. The summed E-state index contributed by atoms with van der Waals surface area (Å²) in [6.45, 7) is 0. The van der Waals surface area contributed by atoms with Crippen molar-refractivity contribution in [3.63, 3.8) is 0 Å². The fraction of sp³-hybridized carbons (Fsp3) is 0.0714. The first-order valence-electron chi connectivity index (χ1n) is 5.96. The van der Waals surface area contributed by atoms with Crippen LogP contribution in [0.2, 0.25) is 5.02 Å². The monoisotopic (exact) mass is 324 g/mol. The van der Waals surface area contributed by atoms with Crippen molar-refractivity contribution in [3.05, 3.63) is 58.6 Å². The number of carbonyl (C=O) groups is 1. The number of amides is 1. The van der Waals surface area contributed by atoms with Crippen molar-refractivity contribution in [2.75, 3.05) is 5.73 Å². The molecule has 0 radical (unpaired) electrons. The van der Waals surface area contributed by atoms with E-state index in [1.54, 1.807) is 0 Å². The lowest BCUT2D eigenvalue weighted by molar-refractivity contribution is 0.100. The Morgan fingerprint density at radius 3 is 2.24 bits per heavy atom. The van der Waals surface area contributed by atoms with E-state index in [9.17, 15) is 13.2 Å². The van der Waals surface area contributed by atoms with Crippen molar-refractivity contribution in [1.29, 1.82) is 0 Å². The molecule has 0 heterocycles. The molecular formula is C14H13ClN2O3S. The van der Waals surface area contributed by atoms with E-state index in [2.05, 4.69) is 0 Å². The number of primary amides is 1. The molecule has 7 heteroatoms. The zero-order chi connectivity index (χ0) is 15.6. The van der Waals surface area contributed by atoms with Gasteiger partial charge in [0, 0.05) is 16.3 Å². The molecule has 2 aromatic rings. The molecule has 0 unspecified atom stereocenters. The Labute approximate surface area is 127 Å². The topological polar surface area (TPSA) is 103 Å². The van der Waals surface area contributed by atoms with Crippen LogP contribution in [-0.2, 0) is 15.6 Å². The quantitative estimate of drug-likeness (QED) is 0.839. The van der Waals surface area contributed by atoms with Crippen molar-refractivity contribution < 1.29 is 13.2 Å². The lowest BCUT2D eigenvalue weighted by atomic mass is 10.1. The zero-order valence-electron chi connectivity index (χ0n) is 10.9. The van der Waals surface area contributed by atoms with Crippen LogP contribution in [0.5, 0.6) is 0 Å². The molecule has 0 fully saturated rings. The number of anilines is 1. The van der Waals surface area contributed by atoms with Gasteiger partial charge in [0.2, 0.25) is 5.91 Å². The van der Waals surface area contributed by atoms with E-state index in [0.717, 1.165) is 0 Å². The summed E-state index contributed by atoms with van der Waals surface area (Å²) < 4.78 is 24.6. The maximum absolute atomic E-state index is 12.3. The lowest BCUT2D eigenvalue weighted by Gasteiger charge is -2.08. The van der Waals surface area contributed by atoms with E-state index in [1.807, 2.05) is 0 Å². The van der Waals surface area contributed by atoms with Crippen LogP contribution in [-0.4, -0.2) is 14.3 Å². The summed E-state index contributed by atoms with van der Waals surface area (Å²) in [4.78, 5) is 11.2. The molecule has 1 amide bonds. The highest BCUT2D eigenvalue weighted by Gasteiger charge is 2.17. The molecule has 2 rings (SSSR count). The molecule has 4 N–H and O–H groups in total. The molecule has 110 valence electrons. The predicted octanol–water partition coefficient (Wildman–Crippen LogP) is 2.00. The third-order valence-electron chi connectivity index (χ3n) is 2.95. The molecule has 0 spiro atoms. The molecular weight excluding hydrogens is 312 g/mol. The van der Waals surface area contributed by atoms with Gasteiger partial charge in [-0.2, -0.15) is 0 Å². The van der Waals surface area contributed by atoms with Crippen LogP contribution in [0.1, 0.15) is 15.9 Å². The van der Waals surface area contributed by atoms with E-state index >= 15 is 0 Å². The standard InChI is InChI=1S/C14H13ClN2O3S/c15-11-3-5-12(6-4-11)21(19,20)8-10-2-1-9(14(17)18)7-13(10)16/h1-7H,8,16H2,(H2,17,18). The average molecular weight is 325 g/mol. The van der Waals surface area contributed by atoms with Crippen LogP contribution >= 0.6 is 11.6 Å². The van der Waals surface area contributed by atoms with Gasteiger partial charge >= 0.3 is 0 Å². The minimum atomic E-state index is -3.54. The highest BCUT2D eigenvalue weighted by atomic mass is 35.5. The summed E-state index contributed by atoms with van der Waals surface area (Å²) in [6, 6.07) is 10.2. The van der Waals surface area contributed by atoms with Gasteiger partial charge in [0.1, 0.15) is 0 Å². The number of nitrogens with two attached hydrogens (primary N) is 2. The van der Waals surface area contributed by atoms with Crippen LogP contribution in [0.4, 0.5) is 5.69 Å². The number of hydrogen-bond acceptors (Lipinski definition) is 4. The number of nitrogen functional groups attached to an aromatic ring is 1. The van der Waals surface area contributed by atoms with Gasteiger partial charge in [0.15, 0.2) is 9.84 Å². The van der Waals surface area contributed by atoms with Crippen LogP contribution in [0.3, 0.4) is 0 Å². The second kappa shape index (κ2) is 5.75. The summed E-state index contributed by atoms with van der Waals surface area (Å²) in [5.74, 6) is -0.881. The molecule has 0 saturated carbocycles. The van der Waals surface area contributed by atoms with E-state index < -0.39 is 15.7 Å². The SMILES string of the molecule is NC(=O)c1ccc(CS(=O)(=O)c2ccc(Cl)cc2)c(N)c1. The highest BCUT2D eigenvalue weighted by molar-refractivity contribution is 7.90. The Balaban J connectivity index is 2.32. The number of benzene rings is 2. The number of halogens is 1. The highest BCUT2D eigenvalue weighted by Crippen LogP contribution is 2.22. The van der Waals surface area contributed by atoms with E-state index in [1.165, 1.54) is 42.5 Å². The molecule has 21 heavy (non-hydrogen) atoms.